The summed E-state index contributed by atoms with van der Waals surface area (Å²) in [5, 5.41) is 0. The van der Waals surface area contributed by atoms with Crippen LogP contribution in [0.15, 0.2) is 96.1 Å². The van der Waals surface area contributed by atoms with Crippen molar-refractivity contribution in [2.75, 3.05) is 0 Å². The predicted octanol–water partition coefficient (Wildman–Crippen LogP) is 15.1. The summed E-state index contributed by atoms with van der Waals surface area (Å²) in [6, 6.07) is 31.1. The van der Waals surface area contributed by atoms with Crippen LogP contribution in [0.1, 0.15) is 116 Å². The summed E-state index contributed by atoms with van der Waals surface area (Å²) in [6.45, 7) is 24.7. The molecule has 0 saturated heterocycles. The summed E-state index contributed by atoms with van der Waals surface area (Å²) < 4.78 is 47.1. The smallest absolute Gasteiger partial charge is 0.147 e. The quantitative estimate of drug-likeness (QED) is 0.155. The molecule has 6 rings (SSSR count). The summed E-state index contributed by atoms with van der Waals surface area (Å²) in [5.74, 6) is 0. The van der Waals surface area contributed by atoms with Crippen LogP contribution in [0.5, 0.6) is 0 Å². The van der Waals surface area contributed by atoms with Crippen molar-refractivity contribution in [1.82, 2.24) is 0 Å². The topological polar surface area (TPSA) is 0 Å². The van der Waals surface area contributed by atoms with Crippen LogP contribution in [0, 0.1) is 10.8 Å². The van der Waals surface area contributed by atoms with Crippen LogP contribution in [0.2, 0.25) is 8.76 Å². The van der Waals surface area contributed by atoms with E-state index in [1.165, 1.54) is 77.9 Å². The van der Waals surface area contributed by atoms with Crippen molar-refractivity contribution in [3.63, 3.8) is 0 Å². The molecule has 0 bridgehead atoms. The van der Waals surface area contributed by atoms with Crippen LogP contribution >= 0.6 is 24.8 Å². The average molecular weight is 885 g/mol. The molecule has 0 radical (unpaired) electrons. The fourth-order valence-corrected chi connectivity index (χ4v) is 34.5. The Morgan fingerprint density at radius 3 is 1.22 bits per heavy atom. The van der Waals surface area contributed by atoms with E-state index in [0.29, 0.717) is 0 Å². The zero-order chi connectivity index (χ0) is 38.9. The number of allylic oxidation sites excluding steroid dienone is 4. The van der Waals surface area contributed by atoms with Gasteiger partial charge in [0.05, 0.1) is 0 Å². The largest absolute Gasteiger partial charge is 0.147 e. The number of benzene rings is 4. The molecule has 0 nitrogen and oxygen atoms in total. The molecule has 2 aliphatic rings. The Balaban J connectivity index is 0.00000336. The second kappa shape index (κ2) is 15.9. The van der Waals surface area contributed by atoms with E-state index in [1.54, 1.807) is 0 Å². The minimum Gasteiger partial charge on any atom is -0.147 e. The van der Waals surface area contributed by atoms with Crippen molar-refractivity contribution >= 4 is 42.8 Å². The van der Waals surface area contributed by atoms with Crippen molar-refractivity contribution in [2.24, 2.45) is 10.8 Å². The number of hydrogen-bond donors (Lipinski definition) is 0. The maximum absolute atomic E-state index is 14.8. The number of aryl methyl sites for hydroxylation is 2. The van der Waals surface area contributed by atoms with Crippen molar-refractivity contribution in [1.29, 1.82) is 0 Å². The zero-order valence-corrected chi connectivity index (χ0v) is 40.2. The molecule has 0 fully saturated rings. The molecule has 4 aromatic carbocycles. The Morgan fingerprint density at radius 1 is 0.582 bits per heavy atom. The van der Waals surface area contributed by atoms with E-state index in [9.17, 15) is 13.2 Å². The maximum Gasteiger partial charge on any atom is -0.147 e. The number of fused-ring (bicyclic) bond motifs is 2. The van der Waals surface area contributed by atoms with E-state index in [0.717, 1.165) is 12.8 Å². The SMILES string of the molecule is CCc1ccc(-c2cccc3c2C(C)=C(C(C)(C)C)[CH]3[Zr]([CH3])(=[SiH2])([CH2]CC(F)(F)F)[CH]2C(C(C)(C)C)=C(C)c3c(-c4ccc(CC)cc4)cccc32)cc1.Cl.Cl. The average Bonchev–Trinajstić information content (AvgIpc) is 3.60. The number of hydrogen-bond acceptors (Lipinski definition) is 0. The van der Waals surface area contributed by atoms with E-state index >= 15 is 0 Å². The van der Waals surface area contributed by atoms with Crippen molar-refractivity contribution in [3.05, 3.63) is 129 Å². The first kappa shape index (κ1) is 45.5. The summed E-state index contributed by atoms with van der Waals surface area (Å²) >= 11 is -4.91. The third-order valence-electron chi connectivity index (χ3n) is 12.8. The van der Waals surface area contributed by atoms with Crippen LogP contribution < -0.4 is 0 Å². The van der Waals surface area contributed by atoms with Crippen LogP contribution in [0.3, 0.4) is 0 Å². The third kappa shape index (κ3) is 8.13. The molecule has 296 valence electrons. The predicted molar refractivity (Wildman–Crippen MR) is 236 cm³/mol. The number of rotatable bonds is 8. The minimum atomic E-state index is -4.91. The molecular formula is C48H61Cl2F3SiZr. The van der Waals surface area contributed by atoms with Gasteiger partial charge in [-0.15, -0.1) is 24.8 Å². The van der Waals surface area contributed by atoms with Crippen LogP contribution in [0.25, 0.3) is 33.4 Å². The van der Waals surface area contributed by atoms with Gasteiger partial charge in [0.1, 0.15) is 0 Å². The second-order valence-corrected chi connectivity index (χ2v) is 47.1. The van der Waals surface area contributed by atoms with Gasteiger partial charge in [0.2, 0.25) is 0 Å². The standard InChI is InChI=1S/2C22H25.C3H4F3.CH3.2ClH.H2Si.Zr/c2*1-6-16-10-12-17(13-11-16)19-9-7-8-18-14-20(22(3,4)5)15(2)21(18)19;1-2-3(4,5)6;;;;;/h2*7-14H,6H2,1-5H3;1-2H2;1H3;2*1H;1H2;. The molecule has 0 N–H and O–H groups in total. The minimum absolute atomic E-state index is 0. The molecule has 0 amide bonds. The van der Waals surface area contributed by atoms with Crippen LogP contribution in [-0.2, 0) is 30.2 Å². The van der Waals surface area contributed by atoms with E-state index in [-0.39, 0.29) is 47.0 Å². The molecule has 0 spiro atoms. The Hall–Kier alpha value is -2.17. The summed E-state index contributed by atoms with van der Waals surface area (Å²) in [5.41, 5.74) is 17.0. The number of halogens is 5. The fraction of sp³-hybridized carbons (Fsp3) is 0.417. The molecule has 0 aliphatic heterocycles. The molecule has 2 unspecified atom stereocenters. The number of alkyl halides is 3. The Labute approximate surface area is 344 Å². The summed E-state index contributed by atoms with van der Waals surface area (Å²) in [7, 11) is 0. The zero-order valence-electron chi connectivity index (χ0n) is 34.7. The van der Waals surface area contributed by atoms with Crippen LogP contribution in [-0.4, -0.2) is 13.1 Å². The maximum atomic E-state index is 14.8. The molecular weight excluding hydrogens is 824 g/mol. The van der Waals surface area contributed by atoms with Crippen molar-refractivity contribution in [2.45, 2.75) is 111 Å². The van der Waals surface area contributed by atoms with E-state index < -0.39 is 30.0 Å². The molecule has 0 aromatic heterocycles. The van der Waals surface area contributed by atoms with Gasteiger partial charge in [0.15, 0.2) is 0 Å². The van der Waals surface area contributed by atoms with Gasteiger partial charge in [-0.3, -0.25) is 0 Å². The van der Waals surface area contributed by atoms with Crippen molar-refractivity contribution in [3.8, 4) is 22.3 Å². The molecule has 55 heavy (non-hydrogen) atoms. The van der Waals surface area contributed by atoms with Crippen LogP contribution in [0.4, 0.5) is 13.2 Å². The molecule has 2 aliphatic carbocycles. The molecule has 0 heterocycles. The second-order valence-electron chi connectivity index (χ2n) is 18.7. The Bertz CT molecular complexity index is 2050. The Kier molecular flexibility index (Phi) is 13.1. The third-order valence-corrected chi connectivity index (χ3v) is 35.3. The van der Waals surface area contributed by atoms with Gasteiger partial charge < -0.3 is 0 Å². The van der Waals surface area contributed by atoms with Gasteiger partial charge in [0, 0.05) is 0 Å². The molecule has 2 atom stereocenters. The van der Waals surface area contributed by atoms with Gasteiger partial charge in [-0.05, 0) is 0 Å². The van der Waals surface area contributed by atoms with Gasteiger partial charge in [0.25, 0.3) is 0 Å². The Morgan fingerprint density at radius 2 is 0.927 bits per heavy atom. The summed E-state index contributed by atoms with van der Waals surface area (Å²) in [4.78, 5) is 0. The first-order valence-electron chi connectivity index (χ1n) is 19.6. The molecule has 0 saturated carbocycles. The monoisotopic (exact) mass is 882 g/mol. The fourth-order valence-electron chi connectivity index (χ4n) is 10.5. The van der Waals surface area contributed by atoms with Gasteiger partial charge in [-0.25, -0.2) is 0 Å². The van der Waals surface area contributed by atoms with Gasteiger partial charge >= 0.3 is 322 Å². The van der Waals surface area contributed by atoms with Gasteiger partial charge in [-0.2, -0.15) is 0 Å². The summed E-state index contributed by atoms with van der Waals surface area (Å²) in [6.07, 6.45) is -3.05. The normalized spacial score (nSPS) is 17.5. The van der Waals surface area contributed by atoms with Gasteiger partial charge in [-0.1, -0.05) is 0 Å². The molecule has 4 aromatic rings. The van der Waals surface area contributed by atoms with E-state index in [2.05, 4.69) is 166 Å². The first-order chi connectivity index (χ1) is 24.6. The van der Waals surface area contributed by atoms with E-state index in [1.807, 2.05) is 0 Å². The first-order valence-corrected chi connectivity index (χ1v) is 32.6. The molecule has 7 heteroatoms. The van der Waals surface area contributed by atoms with Crippen molar-refractivity contribution < 1.29 is 30.6 Å². The van der Waals surface area contributed by atoms with E-state index in [4.69, 9.17) is 0 Å².